The Balaban J connectivity index is 1.67. The third-order valence-corrected chi connectivity index (χ3v) is 4.31. The summed E-state index contributed by atoms with van der Waals surface area (Å²) < 4.78 is 11.0. The number of benzene rings is 1. The fourth-order valence-electron chi connectivity index (χ4n) is 2.99. The zero-order chi connectivity index (χ0) is 15.6. The highest BCUT2D eigenvalue weighted by Gasteiger charge is 2.30. The van der Waals surface area contributed by atoms with Gasteiger partial charge in [-0.3, -0.25) is 0 Å². The van der Waals surface area contributed by atoms with Crippen molar-refractivity contribution in [1.29, 1.82) is 0 Å². The Kier molecular flexibility index (Phi) is 3.62. The van der Waals surface area contributed by atoms with Crippen LogP contribution in [0.5, 0.6) is 0 Å². The second-order valence-electron chi connectivity index (χ2n) is 6.01. The van der Waals surface area contributed by atoms with Crippen molar-refractivity contribution < 1.29 is 8.83 Å². The second-order valence-corrected chi connectivity index (χ2v) is 6.01. The van der Waals surface area contributed by atoms with Gasteiger partial charge in [-0.1, -0.05) is 30.4 Å². The van der Waals surface area contributed by atoms with E-state index in [2.05, 4.69) is 12.2 Å². The lowest BCUT2D eigenvalue weighted by Crippen LogP contribution is -2.06. The third kappa shape index (κ3) is 2.87. The third-order valence-electron chi connectivity index (χ3n) is 4.31. The number of hydrogen-bond donors (Lipinski definition) is 0. The minimum atomic E-state index is -0.217. The molecule has 0 radical (unpaired) electrons. The Morgan fingerprint density at radius 2 is 1.78 bits per heavy atom. The summed E-state index contributed by atoms with van der Waals surface area (Å²) in [4.78, 5) is 12.2. The summed E-state index contributed by atoms with van der Waals surface area (Å²) in [7, 11) is 0. The molecule has 1 aromatic carbocycles. The maximum Gasteiger partial charge on any atom is 0.343 e. The van der Waals surface area contributed by atoms with Gasteiger partial charge in [-0.25, -0.2) is 4.79 Å². The Bertz CT molecular complexity index is 896. The van der Waals surface area contributed by atoms with Crippen LogP contribution in [0.4, 0.5) is 0 Å². The average molecular weight is 306 g/mol. The maximum atomic E-state index is 12.2. The van der Waals surface area contributed by atoms with E-state index in [1.54, 1.807) is 6.26 Å². The van der Waals surface area contributed by atoms with Crippen molar-refractivity contribution in [3.05, 3.63) is 82.3 Å². The summed E-state index contributed by atoms with van der Waals surface area (Å²) in [6.07, 6.45) is 9.71. The van der Waals surface area contributed by atoms with Crippen LogP contribution >= 0.6 is 0 Å². The second kappa shape index (κ2) is 5.92. The number of furan rings is 1. The van der Waals surface area contributed by atoms with Crippen molar-refractivity contribution in [3.8, 4) is 0 Å². The molecule has 3 nitrogen and oxygen atoms in total. The quantitative estimate of drug-likeness (QED) is 0.647. The van der Waals surface area contributed by atoms with E-state index in [4.69, 9.17) is 8.83 Å². The number of allylic oxidation sites excluding steroid dienone is 2. The zero-order valence-corrected chi connectivity index (χ0v) is 12.8. The highest BCUT2D eigenvalue weighted by atomic mass is 16.4. The van der Waals surface area contributed by atoms with Gasteiger partial charge in [0.1, 0.15) is 11.5 Å². The number of hydrogen-bond acceptors (Lipinski definition) is 3. The van der Waals surface area contributed by atoms with Crippen LogP contribution < -0.4 is 5.63 Å². The topological polar surface area (TPSA) is 43.4 Å². The largest absolute Gasteiger partial charge is 0.469 e. The SMILES string of the molecule is O=c1oc(C2CC2)c(C/C=C/Cc2ccco2)c2ccccc12. The minimum absolute atomic E-state index is 0.217. The molecule has 0 saturated heterocycles. The van der Waals surface area contributed by atoms with Crippen LogP contribution in [0.25, 0.3) is 10.8 Å². The Hall–Kier alpha value is -2.55. The molecule has 0 atom stereocenters. The summed E-state index contributed by atoms with van der Waals surface area (Å²) in [5.41, 5.74) is 0.934. The van der Waals surface area contributed by atoms with Gasteiger partial charge in [0.25, 0.3) is 0 Å². The fourth-order valence-corrected chi connectivity index (χ4v) is 2.99. The van der Waals surface area contributed by atoms with E-state index in [0.29, 0.717) is 11.3 Å². The molecule has 0 bridgehead atoms. The molecule has 0 aliphatic heterocycles. The van der Waals surface area contributed by atoms with Crippen molar-refractivity contribution in [1.82, 2.24) is 0 Å². The molecule has 1 fully saturated rings. The van der Waals surface area contributed by atoms with E-state index in [-0.39, 0.29) is 5.63 Å². The molecule has 0 amide bonds. The van der Waals surface area contributed by atoms with Gasteiger partial charge in [-0.05, 0) is 42.8 Å². The van der Waals surface area contributed by atoms with Crippen LogP contribution in [0.3, 0.4) is 0 Å². The summed E-state index contributed by atoms with van der Waals surface area (Å²) >= 11 is 0. The molecule has 4 rings (SSSR count). The predicted octanol–water partition coefficient (Wildman–Crippen LogP) is 4.60. The van der Waals surface area contributed by atoms with Crippen molar-refractivity contribution in [2.24, 2.45) is 0 Å². The number of rotatable bonds is 5. The maximum absolute atomic E-state index is 12.2. The lowest BCUT2D eigenvalue weighted by atomic mass is 10.0. The molecule has 1 aliphatic carbocycles. The van der Waals surface area contributed by atoms with Crippen molar-refractivity contribution in [2.45, 2.75) is 31.6 Å². The van der Waals surface area contributed by atoms with Gasteiger partial charge in [0.2, 0.25) is 0 Å². The van der Waals surface area contributed by atoms with E-state index in [1.807, 2.05) is 36.4 Å². The lowest BCUT2D eigenvalue weighted by molar-refractivity contribution is 0.463. The molecule has 1 saturated carbocycles. The molecule has 2 heterocycles. The van der Waals surface area contributed by atoms with Crippen LogP contribution in [-0.2, 0) is 12.8 Å². The first-order valence-electron chi connectivity index (χ1n) is 8.05. The molecule has 0 N–H and O–H groups in total. The van der Waals surface area contributed by atoms with Gasteiger partial charge >= 0.3 is 5.63 Å². The first kappa shape index (κ1) is 14.1. The number of fused-ring (bicyclic) bond motifs is 1. The van der Waals surface area contributed by atoms with Crippen LogP contribution in [0.15, 0.2) is 68.4 Å². The van der Waals surface area contributed by atoms with Crippen LogP contribution in [0, 0.1) is 0 Å². The van der Waals surface area contributed by atoms with Crippen LogP contribution in [-0.4, -0.2) is 0 Å². The van der Waals surface area contributed by atoms with Gasteiger partial charge < -0.3 is 8.83 Å². The van der Waals surface area contributed by atoms with Crippen LogP contribution in [0.2, 0.25) is 0 Å². The molecule has 23 heavy (non-hydrogen) atoms. The van der Waals surface area contributed by atoms with Gasteiger partial charge in [0, 0.05) is 17.9 Å². The summed E-state index contributed by atoms with van der Waals surface area (Å²) in [6, 6.07) is 11.6. The molecule has 116 valence electrons. The molecular weight excluding hydrogens is 288 g/mol. The first-order chi connectivity index (χ1) is 11.3. The fraction of sp³-hybridized carbons (Fsp3) is 0.250. The minimum Gasteiger partial charge on any atom is -0.469 e. The standard InChI is InChI=1S/C20H18O3/c21-20-18-10-4-3-8-16(18)17(19(23-20)14-11-12-14)9-2-1-6-15-7-5-13-22-15/h1-5,7-8,10,13-14H,6,9,11-12H2/b2-1+. The van der Waals surface area contributed by atoms with E-state index in [9.17, 15) is 4.79 Å². The lowest BCUT2D eigenvalue weighted by Gasteiger charge is -2.09. The van der Waals surface area contributed by atoms with E-state index in [1.165, 1.54) is 0 Å². The van der Waals surface area contributed by atoms with Crippen LogP contribution in [0.1, 0.15) is 35.8 Å². The monoisotopic (exact) mass is 306 g/mol. The normalized spacial score (nSPS) is 14.8. The van der Waals surface area contributed by atoms with E-state index < -0.39 is 0 Å². The summed E-state index contributed by atoms with van der Waals surface area (Å²) in [5.74, 6) is 2.25. The molecule has 3 aromatic rings. The molecular formula is C20H18O3. The molecule has 0 unspecified atom stereocenters. The van der Waals surface area contributed by atoms with Crippen molar-refractivity contribution in [3.63, 3.8) is 0 Å². The van der Waals surface area contributed by atoms with Gasteiger partial charge in [-0.2, -0.15) is 0 Å². The van der Waals surface area contributed by atoms with E-state index in [0.717, 1.165) is 48.2 Å². The van der Waals surface area contributed by atoms with Gasteiger partial charge in [0.05, 0.1) is 11.6 Å². The Morgan fingerprint density at radius 1 is 1.00 bits per heavy atom. The highest BCUT2D eigenvalue weighted by Crippen LogP contribution is 2.42. The average Bonchev–Trinajstić information content (AvgIpc) is 3.29. The molecule has 3 heteroatoms. The van der Waals surface area contributed by atoms with Gasteiger partial charge in [0.15, 0.2) is 0 Å². The summed E-state index contributed by atoms with van der Waals surface area (Å²) in [5, 5.41) is 1.69. The smallest absolute Gasteiger partial charge is 0.343 e. The van der Waals surface area contributed by atoms with Gasteiger partial charge in [-0.15, -0.1) is 0 Å². The van der Waals surface area contributed by atoms with E-state index >= 15 is 0 Å². The Labute approximate surface area is 134 Å². The highest BCUT2D eigenvalue weighted by molar-refractivity contribution is 5.85. The molecule has 2 aromatic heterocycles. The molecule has 0 spiro atoms. The summed E-state index contributed by atoms with van der Waals surface area (Å²) in [6.45, 7) is 0. The van der Waals surface area contributed by atoms with Crippen molar-refractivity contribution >= 4 is 10.8 Å². The zero-order valence-electron chi connectivity index (χ0n) is 12.8. The molecule has 1 aliphatic rings. The van der Waals surface area contributed by atoms with Crippen molar-refractivity contribution in [2.75, 3.05) is 0 Å². The Morgan fingerprint density at radius 3 is 2.52 bits per heavy atom. The first-order valence-corrected chi connectivity index (χ1v) is 8.05. The predicted molar refractivity (Wildman–Crippen MR) is 89.7 cm³/mol.